The average molecular weight is 392 g/mol. The molecule has 0 radical (unpaired) electrons. The largest absolute Gasteiger partial charge is 0.468 e. The van der Waals surface area contributed by atoms with Gasteiger partial charge in [0.2, 0.25) is 5.91 Å². The van der Waals surface area contributed by atoms with Crippen LogP contribution in [-0.2, 0) is 22.6 Å². The Hall–Kier alpha value is -1.67. The number of rotatable bonds is 9. The first-order chi connectivity index (χ1) is 13.0. The zero-order valence-electron chi connectivity index (χ0n) is 16.1. The van der Waals surface area contributed by atoms with Crippen LogP contribution in [0.15, 0.2) is 40.3 Å². The Morgan fingerprint density at radius 2 is 2.07 bits per heavy atom. The van der Waals surface area contributed by atoms with Crippen LogP contribution in [-0.4, -0.2) is 60.6 Å². The number of hydrogen-bond donors (Lipinski definition) is 1. The van der Waals surface area contributed by atoms with E-state index < -0.39 is 0 Å². The van der Waals surface area contributed by atoms with Crippen molar-refractivity contribution in [1.29, 1.82) is 0 Å². The Balaban J connectivity index is 1.53. The number of carbonyl (C=O) groups is 1. The number of thiophene rings is 1. The van der Waals surface area contributed by atoms with E-state index in [4.69, 9.17) is 9.15 Å². The van der Waals surface area contributed by atoms with Crippen LogP contribution in [0.1, 0.15) is 24.5 Å². The van der Waals surface area contributed by atoms with Crippen molar-refractivity contribution in [2.75, 3.05) is 39.4 Å². The summed E-state index contributed by atoms with van der Waals surface area (Å²) >= 11 is 1.70. The molecular formula is C20H29N3O3S. The van der Waals surface area contributed by atoms with E-state index in [1.54, 1.807) is 17.6 Å². The predicted octanol–water partition coefficient (Wildman–Crippen LogP) is 2.57. The van der Waals surface area contributed by atoms with Crippen LogP contribution in [0.3, 0.4) is 0 Å². The third-order valence-corrected chi connectivity index (χ3v) is 5.73. The van der Waals surface area contributed by atoms with Crippen molar-refractivity contribution >= 4 is 17.2 Å². The number of amides is 1. The third kappa shape index (κ3) is 6.17. The summed E-state index contributed by atoms with van der Waals surface area (Å²) in [4.78, 5) is 18.3. The van der Waals surface area contributed by atoms with Crippen LogP contribution in [0.25, 0.3) is 0 Å². The van der Waals surface area contributed by atoms with Crippen molar-refractivity contribution in [3.05, 3.63) is 46.5 Å². The zero-order chi connectivity index (χ0) is 19.1. The molecule has 1 amide bonds. The first kappa shape index (κ1) is 20.1. The van der Waals surface area contributed by atoms with E-state index in [9.17, 15) is 4.79 Å². The second kappa shape index (κ2) is 9.50. The summed E-state index contributed by atoms with van der Waals surface area (Å²) in [5, 5.41) is 5.18. The molecule has 1 N–H and O–H groups in total. The van der Waals surface area contributed by atoms with Crippen LogP contribution >= 0.6 is 11.3 Å². The zero-order valence-corrected chi connectivity index (χ0v) is 17.0. The number of nitrogens with zero attached hydrogens (tertiary/aromatic N) is 2. The Bertz CT molecular complexity index is 643. The summed E-state index contributed by atoms with van der Waals surface area (Å²) in [7, 11) is 0. The molecule has 7 heteroatoms. The summed E-state index contributed by atoms with van der Waals surface area (Å²) in [6.45, 7) is 10.00. The second-order valence-corrected chi connectivity index (χ2v) is 8.52. The van der Waals surface area contributed by atoms with Crippen molar-refractivity contribution in [3.63, 3.8) is 0 Å². The number of nitrogens with one attached hydrogen (secondary N) is 1. The van der Waals surface area contributed by atoms with Gasteiger partial charge >= 0.3 is 0 Å². The van der Waals surface area contributed by atoms with E-state index in [1.165, 1.54) is 4.88 Å². The lowest BCUT2D eigenvalue weighted by atomic mass is 10.0. The molecule has 148 valence electrons. The van der Waals surface area contributed by atoms with Crippen molar-refractivity contribution in [2.45, 2.75) is 32.5 Å². The number of furan rings is 1. The maximum absolute atomic E-state index is 12.6. The number of hydrogen-bond acceptors (Lipinski definition) is 6. The number of ether oxygens (including phenoxy) is 1. The van der Waals surface area contributed by atoms with Gasteiger partial charge in [0.1, 0.15) is 5.76 Å². The van der Waals surface area contributed by atoms with Gasteiger partial charge in [0.15, 0.2) is 0 Å². The average Bonchev–Trinajstić information content (AvgIpc) is 3.35. The molecule has 0 spiro atoms. The second-order valence-electron chi connectivity index (χ2n) is 7.49. The fraction of sp³-hybridized carbons (Fsp3) is 0.550. The molecule has 2 aromatic heterocycles. The molecule has 1 aliphatic heterocycles. The maximum Gasteiger partial charge on any atom is 0.234 e. The summed E-state index contributed by atoms with van der Waals surface area (Å²) in [5.41, 5.74) is -0.0843. The number of morpholine rings is 1. The standard InChI is InChI=1S/C20H29N3O3S/c1-20(2,23-7-10-25-11-8-23)16-21-19(24)15-22(13-17-5-3-9-26-17)14-18-6-4-12-27-18/h3-6,9,12H,7-8,10-11,13-16H2,1-2H3,(H,21,24). The first-order valence-corrected chi connectivity index (χ1v) is 10.3. The minimum atomic E-state index is -0.0843. The minimum Gasteiger partial charge on any atom is -0.468 e. The van der Waals surface area contributed by atoms with E-state index in [-0.39, 0.29) is 11.4 Å². The molecule has 0 aromatic carbocycles. The third-order valence-electron chi connectivity index (χ3n) is 4.87. The van der Waals surface area contributed by atoms with Gasteiger partial charge in [0, 0.05) is 36.6 Å². The highest BCUT2D eigenvalue weighted by atomic mass is 32.1. The molecule has 0 saturated carbocycles. The summed E-state index contributed by atoms with van der Waals surface area (Å²) in [5.74, 6) is 0.910. The van der Waals surface area contributed by atoms with Gasteiger partial charge in [-0.25, -0.2) is 0 Å². The summed E-state index contributed by atoms with van der Waals surface area (Å²) in [6.07, 6.45) is 1.67. The van der Waals surface area contributed by atoms with E-state index in [2.05, 4.69) is 40.4 Å². The molecule has 27 heavy (non-hydrogen) atoms. The fourth-order valence-electron chi connectivity index (χ4n) is 3.27. The molecule has 0 aliphatic carbocycles. The normalized spacial score (nSPS) is 16.0. The first-order valence-electron chi connectivity index (χ1n) is 9.39. The van der Waals surface area contributed by atoms with Crippen molar-refractivity contribution < 1.29 is 13.9 Å². The monoisotopic (exact) mass is 391 g/mol. The lowest BCUT2D eigenvalue weighted by molar-refractivity contribution is -0.123. The highest BCUT2D eigenvalue weighted by molar-refractivity contribution is 7.09. The lowest BCUT2D eigenvalue weighted by Gasteiger charge is -2.41. The molecule has 0 bridgehead atoms. The summed E-state index contributed by atoms with van der Waals surface area (Å²) in [6, 6.07) is 7.96. The van der Waals surface area contributed by atoms with Gasteiger partial charge in [-0.1, -0.05) is 6.07 Å². The molecule has 0 atom stereocenters. The highest BCUT2D eigenvalue weighted by Crippen LogP contribution is 2.16. The molecule has 1 aliphatic rings. The molecule has 3 rings (SSSR count). The van der Waals surface area contributed by atoms with Gasteiger partial charge in [-0.3, -0.25) is 14.6 Å². The van der Waals surface area contributed by atoms with E-state index in [0.717, 1.165) is 38.6 Å². The fourth-order valence-corrected chi connectivity index (χ4v) is 4.01. The molecule has 6 nitrogen and oxygen atoms in total. The molecule has 1 saturated heterocycles. The molecule has 2 aromatic rings. The van der Waals surface area contributed by atoms with Crippen LogP contribution in [0.5, 0.6) is 0 Å². The van der Waals surface area contributed by atoms with E-state index in [1.807, 2.05) is 18.2 Å². The van der Waals surface area contributed by atoms with Gasteiger partial charge in [-0.15, -0.1) is 11.3 Å². The van der Waals surface area contributed by atoms with Crippen LogP contribution in [0, 0.1) is 0 Å². The van der Waals surface area contributed by atoms with Gasteiger partial charge in [-0.2, -0.15) is 0 Å². The smallest absolute Gasteiger partial charge is 0.234 e. The van der Waals surface area contributed by atoms with Gasteiger partial charge < -0.3 is 14.5 Å². The molecule has 1 fully saturated rings. The molecule has 3 heterocycles. The van der Waals surface area contributed by atoms with Crippen LogP contribution < -0.4 is 5.32 Å². The van der Waals surface area contributed by atoms with E-state index in [0.29, 0.717) is 19.6 Å². The van der Waals surface area contributed by atoms with Crippen molar-refractivity contribution in [2.24, 2.45) is 0 Å². The van der Waals surface area contributed by atoms with E-state index >= 15 is 0 Å². The van der Waals surface area contributed by atoms with Gasteiger partial charge in [0.25, 0.3) is 0 Å². The minimum absolute atomic E-state index is 0.0412. The molecule has 0 unspecified atom stereocenters. The van der Waals surface area contributed by atoms with Gasteiger partial charge in [0.05, 0.1) is 32.6 Å². The molecular weight excluding hydrogens is 362 g/mol. The van der Waals surface area contributed by atoms with Crippen molar-refractivity contribution in [1.82, 2.24) is 15.1 Å². The Morgan fingerprint density at radius 1 is 1.26 bits per heavy atom. The van der Waals surface area contributed by atoms with Crippen molar-refractivity contribution in [3.8, 4) is 0 Å². The Labute approximate surface area is 165 Å². The topological polar surface area (TPSA) is 58.0 Å². The maximum atomic E-state index is 12.6. The lowest BCUT2D eigenvalue weighted by Crippen LogP contribution is -2.56. The van der Waals surface area contributed by atoms with Gasteiger partial charge in [-0.05, 0) is 37.4 Å². The van der Waals surface area contributed by atoms with Crippen LogP contribution in [0.2, 0.25) is 0 Å². The SMILES string of the molecule is CC(C)(CNC(=O)CN(Cc1ccco1)Cc1cccs1)N1CCOCC1. The predicted molar refractivity (Wildman–Crippen MR) is 107 cm³/mol. The summed E-state index contributed by atoms with van der Waals surface area (Å²) < 4.78 is 10.9. The van der Waals surface area contributed by atoms with Crippen LogP contribution in [0.4, 0.5) is 0 Å². The Morgan fingerprint density at radius 3 is 2.74 bits per heavy atom. The quantitative estimate of drug-likeness (QED) is 0.712. The number of carbonyl (C=O) groups excluding carboxylic acids is 1. The highest BCUT2D eigenvalue weighted by Gasteiger charge is 2.28. The Kier molecular flexibility index (Phi) is 7.07.